The summed E-state index contributed by atoms with van der Waals surface area (Å²) in [5.41, 5.74) is 1.70. The highest BCUT2D eigenvalue weighted by Gasteiger charge is 2.32. The van der Waals surface area contributed by atoms with Gasteiger partial charge in [0.25, 0.3) is 0 Å². The number of methoxy groups -OCH3 is 1. The molecule has 4 rings (SSSR count). The molecule has 1 fully saturated rings. The number of aromatic nitrogens is 1. The van der Waals surface area contributed by atoms with Gasteiger partial charge in [0, 0.05) is 24.5 Å². The van der Waals surface area contributed by atoms with Crippen molar-refractivity contribution in [2.24, 2.45) is 0 Å². The summed E-state index contributed by atoms with van der Waals surface area (Å²) in [6.45, 7) is 0.774. The number of amides is 1. The molecule has 2 aromatic carbocycles. The summed E-state index contributed by atoms with van der Waals surface area (Å²) in [7, 11) is 1.61. The molecule has 3 aromatic rings. The lowest BCUT2D eigenvalue weighted by Gasteiger charge is -2.36. The lowest BCUT2D eigenvalue weighted by atomic mass is 10.0. The van der Waals surface area contributed by atoms with Crippen molar-refractivity contribution in [2.75, 3.05) is 20.3 Å². The molecule has 0 spiro atoms. The Labute approximate surface area is 173 Å². The van der Waals surface area contributed by atoms with E-state index in [1.165, 1.54) is 12.1 Å². The summed E-state index contributed by atoms with van der Waals surface area (Å²) in [5, 5.41) is 0. The standard InChI is InChI=1S/C23H21FN2O4/c1-28-18-6-2-16(3-7-18)13-26-21(14-29-15-23(26)27)20-12-25-11-10-22(20)30-19-8-4-17(24)5-9-19/h2-12,21H,13-15H2,1H3. The van der Waals surface area contributed by atoms with Gasteiger partial charge in [0.15, 0.2) is 0 Å². The van der Waals surface area contributed by atoms with Gasteiger partial charge in [0.2, 0.25) is 5.91 Å². The first-order valence-electron chi connectivity index (χ1n) is 9.51. The largest absolute Gasteiger partial charge is 0.497 e. The van der Waals surface area contributed by atoms with Gasteiger partial charge in [-0.3, -0.25) is 9.78 Å². The van der Waals surface area contributed by atoms with Crippen LogP contribution in [-0.2, 0) is 16.1 Å². The number of nitrogens with zero attached hydrogens (tertiary/aromatic N) is 2. The van der Waals surface area contributed by atoms with Crippen LogP contribution in [-0.4, -0.2) is 36.1 Å². The van der Waals surface area contributed by atoms with Gasteiger partial charge in [0.05, 0.1) is 19.8 Å². The summed E-state index contributed by atoms with van der Waals surface area (Å²) in [4.78, 5) is 18.7. The maximum absolute atomic E-state index is 13.2. The molecule has 6 nitrogen and oxygen atoms in total. The summed E-state index contributed by atoms with van der Waals surface area (Å²) >= 11 is 0. The van der Waals surface area contributed by atoms with E-state index in [2.05, 4.69) is 4.98 Å². The van der Waals surface area contributed by atoms with Crippen molar-refractivity contribution in [3.05, 3.63) is 83.9 Å². The van der Waals surface area contributed by atoms with Gasteiger partial charge >= 0.3 is 0 Å². The van der Waals surface area contributed by atoms with Crippen molar-refractivity contribution in [1.82, 2.24) is 9.88 Å². The molecule has 7 heteroatoms. The van der Waals surface area contributed by atoms with Crippen LogP contribution in [0.25, 0.3) is 0 Å². The van der Waals surface area contributed by atoms with Gasteiger partial charge < -0.3 is 19.1 Å². The van der Waals surface area contributed by atoms with Crippen molar-refractivity contribution < 1.29 is 23.4 Å². The number of carbonyl (C=O) groups is 1. The third kappa shape index (κ3) is 4.41. The van der Waals surface area contributed by atoms with E-state index < -0.39 is 0 Å². The highest BCUT2D eigenvalue weighted by molar-refractivity contribution is 5.78. The van der Waals surface area contributed by atoms with Gasteiger partial charge in [-0.2, -0.15) is 0 Å². The van der Waals surface area contributed by atoms with Crippen LogP contribution in [0, 0.1) is 5.82 Å². The molecule has 0 radical (unpaired) electrons. The fraction of sp³-hybridized carbons (Fsp3) is 0.217. The topological polar surface area (TPSA) is 60.9 Å². The number of hydrogen-bond donors (Lipinski definition) is 0. The zero-order valence-corrected chi connectivity index (χ0v) is 16.5. The fourth-order valence-corrected chi connectivity index (χ4v) is 3.35. The molecule has 0 N–H and O–H groups in total. The monoisotopic (exact) mass is 408 g/mol. The van der Waals surface area contributed by atoms with Crippen LogP contribution in [0.1, 0.15) is 17.2 Å². The highest BCUT2D eigenvalue weighted by atomic mass is 19.1. The van der Waals surface area contributed by atoms with E-state index in [0.29, 0.717) is 24.7 Å². The number of ether oxygens (including phenoxy) is 3. The first-order valence-corrected chi connectivity index (χ1v) is 9.51. The zero-order valence-electron chi connectivity index (χ0n) is 16.5. The first kappa shape index (κ1) is 19.8. The molecule has 1 unspecified atom stereocenters. The van der Waals surface area contributed by atoms with E-state index in [9.17, 15) is 9.18 Å². The lowest BCUT2D eigenvalue weighted by Crippen LogP contribution is -2.43. The van der Waals surface area contributed by atoms with Crippen molar-refractivity contribution >= 4 is 5.91 Å². The molecular formula is C23H21FN2O4. The van der Waals surface area contributed by atoms with E-state index in [1.54, 1.807) is 42.6 Å². The normalized spacial score (nSPS) is 16.4. The van der Waals surface area contributed by atoms with Crippen LogP contribution in [0.3, 0.4) is 0 Å². The fourth-order valence-electron chi connectivity index (χ4n) is 3.35. The zero-order chi connectivity index (χ0) is 20.9. The molecule has 154 valence electrons. The highest BCUT2D eigenvalue weighted by Crippen LogP contribution is 2.35. The molecule has 1 saturated heterocycles. The predicted molar refractivity (Wildman–Crippen MR) is 108 cm³/mol. The van der Waals surface area contributed by atoms with Crippen LogP contribution in [0.5, 0.6) is 17.2 Å². The van der Waals surface area contributed by atoms with Crippen LogP contribution >= 0.6 is 0 Å². The van der Waals surface area contributed by atoms with Crippen molar-refractivity contribution in [3.63, 3.8) is 0 Å². The van der Waals surface area contributed by atoms with Gasteiger partial charge in [-0.15, -0.1) is 0 Å². The SMILES string of the molecule is COc1ccc(CN2C(=O)COCC2c2cnccc2Oc2ccc(F)cc2)cc1. The van der Waals surface area contributed by atoms with Gasteiger partial charge in [-0.05, 0) is 48.0 Å². The third-order valence-electron chi connectivity index (χ3n) is 4.92. The molecule has 1 aliphatic heterocycles. The van der Waals surface area contributed by atoms with Crippen molar-refractivity contribution in [1.29, 1.82) is 0 Å². The van der Waals surface area contributed by atoms with E-state index in [1.807, 2.05) is 24.3 Å². The Morgan fingerprint density at radius 3 is 2.57 bits per heavy atom. The molecule has 1 amide bonds. The Kier molecular flexibility index (Phi) is 5.90. The second kappa shape index (κ2) is 8.92. The van der Waals surface area contributed by atoms with Crippen molar-refractivity contribution in [3.8, 4) is 17.2 Å². The minimum Gasteiger partial charge on any atom is -0.497 e. The van der Waals surface area contributed by atoms with Crippen LogP contribution in [0.4, 0.5) is 4.39 Å². The Hall–Kier alpha value is -3.45. The number of hydrogen-bond acceptors (Lipinski definition) is 5. The number of morpholine rings is 1. The average molecular weight is 408 g/mol. The summed E-state index contributed by atoms with van der Waals surface area (Å²) in [6, 6.07) is 14.7. The smallest absolute Gasteiger partial charge is 0.249 e. The van der Waals surface area contributed by atoms with Gasteiger partial charge in [-0.25, -0.2) is 4.39 Å². The van der Waals surface area contributed by atoms with Gasteiger partial charge in [-0.1, -0.05) is 12.1 Å². The van der Waals surface area contributed by atoms with Crippen LogP contribution in [0.15, 0.2) is 67.0 Å². The lowest BCUT2D eigenvalue weighted by molar-refractivity contribution is -0.149. The predicted octanol–water partition coefficient (Wildman–Crippen LogP) is 4.12. The quantitative estimate of drug-likeness (QED) is 0.614. The number of pyridine rings is 1. The Bertz CT molecular complexity index is 1010. The van der Waals surface area contributed by atoms with E-state index >= 15 is 0 Å². The second-order valence-electron chi connectivity index (χ2n) is 6.87. The molecule has 1 aliphatic rings. The molecule has 1 atom stereocenters. The molecular weight excluding hydrogens is 387 g/mol. The van der Waals surface area contributed by atoms with Crippen LogP contribution < -0.4 is 9.47 Å². The maximum atomic E-state index is 13.2. The molecule has 0 aliphatic carbocycles. The number of rotatable bonds is 6. The van der Waals surface area contributed by atoms with E-state index in [4.69, 9.17) is 14.2 Å². The molecule has 1 aromatic heterocycles. The third-order valence-corrected chi connectivity index (χ3v) is 4.92. The number of carbonyl (C=O) groups excluding carboxylic acids is 1. The summed E-state index contributed by atoms with van der Waals surface area (Å²) in [5.74, 6) is 1.34. The van der Waals surface area contributed by atoms with Crippen LogP contribution in [0.2, 0.25) is 0 Å². The Morgan fingerprint density at radius 2 is 1.83 bits per heavy atom. The van der Waals surface area contributed by atoms with E-state index in [-0.39, 0.29) is 24.4 Å². The van der Waals surface area contributed by atoms with Crippen molar-refractivity contribution in [2.45, 2.75) is 12.6 Å². The number of halogens is 1. The molecule has 2 heterocycles. The molecule has 0 saturated carbocycles. The average Bonchev–Trinajstić information content (AvgIpc) is 2.78. The number of benzene rings is 2. The summed E-state index contributed by atoms with van der Waals surface area (Å²) in [6.07, 6.45) is 3.29. The summed E-state index contributed by atoms with van der Waals surface area (Å²) < 4.78 is 29.9. The molecule has 0 bridgehead atoms. The Morgan fingerprint density at radius 1 is 1.10 bits per heavy atom. The molecule has 30 heavy (non-hydrogen) atoms. The van der Waals surface area contributed by atoms with E-state index in [0.717, 1.165) is 16.9 Å². The minimum absolute atomic E-state index is 0.0288. The first-order chi connectivity index (χ1) is 14.6. The maximum Gasteiger partial charge on any atom is 0.249 e. The van der Waals surface area contributed by atoms with Gasteiger partial charge in [0.1, 0.15) is 29.7 Å². The second-order valence-corrected chi connectivity index (χ2v) is 6.87. The Balaban J connectivity index is 1.61. The minimum atomic E-state index is -0.363.